The van der Waals surface area contributed by atoms with Gasteiger partial charge in [-0.3, -0.25) is 4.79 Å². The van der Waals surface area contributed by atoms with E-state index in [1.165, 1.54) is 5.56 Å². The molecule has 1 aromatic carbocycles. The minimum Gasteiger partial charge on any atom is -0.324 e. The molecule has 3 nitrogen and oxygen atoms in total. The molecule has 1 unspecified atom stereocenters. The van der Waals surface area contributed by atoms with Crippen LogP contribution >= 0.6 is 12.4 Å². The lowest BCUT2D eigenvalue weighted by Crippen LogP contribution is -2.54. The Labute approximate surface area is 134 Å². The first-order valence-corrected chi connectivity index (χ1v) is 7.49. The number of hydrogen-bond donors (Lipinski definition) is 2. The van der Waals surface area contributed by atoms with Crippen molar-refractivity contribution in [3.8, 4) is 0 Å². The molecule has 21 heavy (non-hydrogen) atoms. The van der Waals surface area contributed by atoms with Crippen molar-refractivity contribution in [2.45, 2.75) is 57.9 Å². The summed E-state index contributed by atoms with van der Waals surface area (Å²) in [7, 11) is 0. The van der Waals surface area contributed by atoms with Crippen LogP contribution in [0.25, 0.3) is 0 Å². The number of rotatable bonds is 2. The Morgan fingerprint density at radius 1 is 1.24 bits per heavy atom. The molecule has 0 spiro atoms. The minimum absolute atomic E-state index is 0. The molecule has 2 rings (SSSR count). The number of carbonyl (C=O) groups is 1. The summed E-state index contributed by atoms with van der Waals surface area (Å²) in [5, 5.41) is 6.49. The summed E-state index contributed by atoms with van der Waals surface area (Å²) in [6.07, 6.45) is 3.16. The first-order chi connectivity index (χ1) is 9.33. The minimum atomic E-state index is -0.441. The lowest BCUT2D eigenvalue weighted by Gasteiger charge is -2.34. The second-order valence-electron chi connectivity index (χ2n) is 6.97. The first kappa shape index (κ1) is 18.0. The molecule has 1 aliphatic heterocycles. The van der Waals surface area contributed by atoms with Crippen LogP contribution in [-0.4, -0.2) is 18.0 Å². The predicted octanol–water partition coefficient (Wildman–Crippen LogP) is 3.88. The lowest BCUT2D eigenvalue weighted by atomic mass is 9.85. The van der Waals surface area contributed by atoms with Gasteiger partial charge in [0.1, 0.15) is 0 Å². The van der Waals surface area contributed by atoms with Gasteiger partial charge in [-0.05, 0) is 49.8 Å². The van der Waals surface area contributed by atoms with Crippen molar-refractivity contribution in [3.05, 3.63) is 29.8 Å². The van der Waals surface area contributed by atoms with E-state index in [-0.39, 0.29) is 23.7 Å². The Hall–Kier alpha value is -1.06. The van der Waals surface area contributed by atoms with Gasteiger partial charge in [0, 0.05) is 5.69 Å². The largest absolute Gasteiger partial charge is 0.324 e. The molecule has 0 aliphatic carbocycles. The molecule has 1 fully saturated rings. The first-order valence-electron chi connectivity index (χ1n) is 7.49. The summed E-state index contributed by atoms with van der Waals surface area (Å²) in [4.78, 5) is 12.6. The van der Waals surface area contributed by atoms with Gasteiger partial charge in [-0.25, -0.2) is 0 Å². The summed E-state index contributed by atoms with van der Waals surface area (Å²) in [6.45, 7) is 9.42. The third-order valence-corrected chi connectivity index (χ3v) is 4.10. The molecule has 1 amide bonds. The quantitative estimate of drug-likeness (QED) is 0.870. The zero-order chi connectivity index (χ0) is 14.8. The van der Waals surface area contributed by atoms with E-state index in [0.29, 0.717) is 0 Å². The SMILES string of the molecule is CC1(C(=O)Nc2ccccc2C(C)(C)C)CCCCN1.Cl. The van der Waals surface area contributed by atoms with Crippen LogP contribution in [0.15, 0.2) is 24.3 Å². The van der Waals surface area contributed by atoms with Gasteiger partial charge in [0.05, 0.1) is 5.54 Å². The van der Waals surface area contributed by atoms with E-state index in [9.17, 15) is 4.79 Å². The van der Waals surface area contributed by atoms with Gasteiger partial charge in [-0.15, -0.1) is 12.4 Å². The molecule has 1 aromatic rings. The fourth-order valence-corrected chi connectivity index (χ4v) is 2.76. The molecule has 1 heterocycles. The molecule has 0 radical (unpaired) electrons. The Bertz CT molecular complexity index is 488. The van der Waals surface area contributed by atoms with Gasteiger partial charge < -0.3 is 10.6 Å². The van der Waals surface area contributed by atoms with Crippen molar-refractivity contribution >= 4 is 24.0 Å². The monoisotopic (exact) mass is 310 g/mol. The molecular formula is C17H27ClN2O. The summed E-state index contributed by atoms with van der Waals surface area (Å²) in [5.74, 6) is 0.0777. The Morgan fingerprint density at radius 2 is 1.90 bits per heavy atom. The summed E-state index contributed by atoms with van der Waals surface area (Å²) >= 11 is 0. The van der Waals surface area contributed by atoms with Crippen molar-refractivity contribution in [2.24, 2.45) is 0 Å². The molecule has 4 heteroatoms. The number of benzene rings is 1. The maximum atomic E-state index is 12.6. The fraction of sp³-hybridized carbons (Fsp3) is 0.588. The third-order valence-electron chi connectivity index (χ3n) is 4.10. The predicted molar refractivity (Wildman–Crippen MR) is 91.3 cm³/mol. The number of anilines is 1. The van der Waals surface area contributed by atoms with Gasteiger partial charge >= 0.3 is 0 Å². The van der Waals surface area contributed by atoms with Gasteiger partial charge in [-0.2, -0.15) is 0 Å². The smallest absolute Gasteiger partial charge is 0.244 e. The molecule has 1 atom stereocenters. The topological polar surface area (TPSA) is 41.1 Å². The van der Waals surface area contributed by atoms with E-state index in [1.54, 1.807) is 0 Å². The molecule has 1 saturated heterocycles. The van der Waals surface area contributed by atoms with E-state index in [2.05, 4.69) is 37.5 Å². The Morgan fingerprint density at radius 3 is 2.48 bits per heavy atom. The number of halogens is 1. The Balaban J connectivity index is 0.00000220. The molecule has 0 saturated carbocycles. The highest BCUT2D eigenvalue weighted by Gasteiger charge is 2.34. The lowest BCUT2D eigenvalue weighted by molar-refractivity contribution is -0.122. The number of amides is 1. The van der Waals surface area contributed by atoms with E-state index in [1.807, 2.05) is 25.1 Å². The standard InChI is InChI=1S/C17H26N2O.ClH/c1-16(2,3)13-9-5-6-10-14(13)19-15(20)17(4)11-7-8-12-18-17;/h5-6,9-10,18H,7-8,11-12H2,1-4H3,(H,19,20);1H. The number of carbonyl (C=O) groups excluding carboxylic acids is 1. The zero-order valence-corrected chi connectivity index (χ0v) is 14.3. The molecule has 0 aromatic heterocycles. The van der Waals surface area contributed by atoms with Crippen LogP contribution in [0.2, 0.25) is 0 Å². The average molecular weight is 311 g/mol. The summed E-state index contributed by atoms with van der Waals surface area (Å²) in [5.41, 5.74) is 1.68. The van der Waals surface area contributed by atoms with Crippen molar-refractivity contribution in [1.82, 2.24) is 5.32 Å². The summed E-state index contributed by atoms with van der Waals surface area (Å²) < 4.78 is 0. The molecule has 118 valence electrons. The molecular weight excluding hydrogens is 284 g/mol. The van der Waals surface area contributed by atoms with Gasteiger partial charge in [0.2, 0.25) is 5.91 Å². The highest BCUT2D eigenvalue weighted by molar-refractivity contribution is 5.98. The fourth-order valence-electron chi connectivity index (χ4n) is 2.76. The number of nitrogens with one attached hydrogen (secondary N) is 2. The van der Waals surface area contributed by atoms with Crippen molar-refractivity contribution in [1.29, 1.82) is 0 Å². The average Bonchev–Trinajstić information content (AvgIpc) is 2.39. The van der Waals surface area contributed by atoms with Crippen molar-refractivity contribution in [2.75, 3.05) is 11.9 Å². The number of para-hydroxylation sites is 1. The van der Waals surface area contributed by atoms with E-state index < -0.39 is 5.54 Å². The molecule has 2 N–H and O–H groups in total. The second-order valence-corrected chi connectivity index (χ2v) is 6.97. The van der Waals surface area contributed by atoms with Gasteiger partial charge in [0.15, 0.2) is 0 Å². The van der Waals surface area contributed by atoms with Crippen LogP contribution in [0, 0.1) is 0 Å². The second kappa shape index (κ2) is 6.80. The van der Waals surface area contributed by atoms with Gasteiger partial charge in [-0.1, -0.05) is 39.0 Å². The summed E-state index contributed by atoms with van der Waals surface area (Å²) in [6, 6.07) is 8.08. The van der Waals surface area contributed by atoms with E-state index >= 15 is 0 Å². The Kier molecular flexibility index (Phi) is 5.83. The zero-order valence-electron chi connectivity index (χ0n) is 13.5. The van der Waals surface area contributed by atoms with Crippen molar-refractivity contribution < 1.29 is 4.79 Å². The number of hydrogen-bond acceptors (Lipinski definition) is 2. The van der Waals surface area contributed by atoms with E-state index in [0.717, 1.165) is 31.5 Å². The highest BCUT2D eigenvalue weighted by Crippen LogP contribution is 2.30. The molecule has 0 bridgehead atoms. The molecule has 1 aliphatic rings. The maximum Gasteiger partial charge on any atom is 0.244 e. The van der Waals surface area contributed by atoms with Crippen LogP contribution < -0.4 is 10.6 Å². The highest BCUT2D eigenvalue weighted by atomic mass is 35.5. The van der Waals surface area contributed by atoms with Crippen LogP contribution in [0.1, 0.15) is 52.5 Å². The van der Waals surface area contributed by atoms with Gasteiger partial charge in [0.25, 0.3) is 0 Å². The maximum absolute atomic E-state index is 12.6. The van der Waals surface area contributed by atoms with Crippen LogP contribution in [0.4, 0.5) is 5.69 Å². The van der Waals surface area contributed by atoms with Crippen LogP contribution in [-0.2, 0) is 10.2 Å². The van der Waals surface area contributed by atoms with Crippen molar-refractivity contribution in [3.63, 3.8) is 0 Å². The van der Waals surface area contributed by atoms with Crippen LogP contribution in [0.5, 0.6) is 0 Å². The normalized spacial score (nSPS) is 22.3. The number of piperidine rings is 1. The van der Waals surface area contributed by atoms with E-state index in [4.69, 9.17) is 0 Å². The van der Waals surface area contributed by atoms with Crippen LogP contribution in [0.3, 0.4) is 0 Å². The third kappa shape index (κ3) is 4.21.